The van der Waals surface area contributed by atoms with Crippen LogP contribution >= 0.6 is 23.2 Å². The predicted octanol–water partition coefficient (Wildman–Crippen LogP) is 2.42. The number of carboxylic acids is 1. The Balaban J connectivity index is 2.49. The number of hydrogen-bond donors (Lipinski definition) is 2. The molecule has 0 bridgehead atoms. The van der Waals surface area contributed by atoms with E-state index < -0.39 is 18.0 Å². The third kappa shape index (κ3) is 4.52. The lowest BCUT2D eigenvalue weighted by atomic mass is 10.3. The molecule has 0 radical (unpaired) electrons. The Morgan fingerprint density at radius 2 is 2.06 bits per heavy atom. The summed E-state index contributed by atoms with van der Waals surface area (Å²) >= 11 is 11.5. The zero-order valence-corrected chi connectivity index (χ0v) is 11.0. The lowest BCUT2D eigenvalue weighted by Gasteiger charge is -2.09. The summed E-state index contributed by atoms with van der Waals surface area (Å²) in [6.07, 6.45) is -1.04. The zero-order valence-electron chi connectivity index (χ0n) is 9.44. The standard InChI is InChI=1S/C11H11Cl2NO4/c1-6(11(16)17)18-5-10(15)14-7-2-3-8(12)9(13)4-7/h2-4,6H,5H2,1H3,(H,14,15)(H,16,17)/t6-/m1/s1. The number of benzene rings is 1. The molecular formula is C11H11Cl2NO4. The van der Waals surface area contributed by atoms with Gasteiger partial charge in [-0.15, -0.1) is 0 Å². The Morgan fingerprint density at radius 1 is 1.39 bits per heavy atom. The average Bonchev–Trinajstić information content (AvgIpc) is 2.30. The minimum Gasteiger partial charge on any atom is -0.479 e. The van der Waals surface area contributed by atoms with Crippen molar-refractivity contribution in [2.24, 2.45) is 0 Å². The number of ether oxygens (including phenoxy) is 1. The van der Waals surface area contributed by atoms with Gasteiger partial charge in [0.15, 0.2) is 6.10 Å². The quantitative estimate of drug-likeness (QED) is 0.874. The molecule has 1 aromatic rings. The lowest BCUT2D eigenvalue weighted by Crippen LogP contribution is -2.26. The van der Waals surface area contributed by atoms with Gasteiger partial charge in [0.25, 0.3) is 0 Å². The molecule has 5 nitrogen and oxygen atoms in total. The predicted molar refractivity (Wildman–Crippen MR) is 68.1 cm³/mol. The van der Waals surface area contributed by atoms with E-state index in [2.05, 4.69) is 5.32 Å². The molecule has 0 aromatic heterocycles. The number of amides is 1. The Kier molecular flexibility index (Phi) is 5.40. The fraction of sp³-hybridized carbons (Fsp3) is 0.273. The van der Waals surface area contributed by atoms with Crippen LogP contribution in [-0.4, -0.2) is 29.7 Å². The Labute approximate surface area is 114 Å². The van der Waals surface area contributed by atoms with E-state index in [0.717, 1.165) is 0 Å². The second-order valence-corrected chi connectivity index (χ2v) is 4.28. The third-order valence-corrected chi connectivity index (χ3v) is 2.75. The topological polar surface area (TPSA) is 75.6 Å². The molecular weight excluding hydrogens is 281 g/mol. The van der Waals surface area contributed by atoms with Crippen LogP contribution in [0.15, 0.2) is 18.2 Å². The van der Waals surface area contributed by atoms with E-state index in [-0.39, 0.29) is 6.61 Å². The normalized spacial score (nSPS) is 11.9. The number of hydrogen-bond acceptors (Lipinski definition) is 3. The molecule has 0 spiro atoms. The van der Waals surface area contributed by atoms with Gasteiger partial charge in [0.1, 0.15) is 6.61 Å². The van der Waals surface area contributed by atoms with Gasteiger partial charge in [-0.05, 0) is 25.1 Å². The second kappa shape index (κ2) is 6.58. The summed E-state index contributed by atoms with van der Waals surface area (Å²) in [5.74, 6) is -1.60. The second-order valence-electron chi connectivity index (χ2n) is 3.47. The highest BCUT2D eigenvalue weighted by molar-refractivity contribution is 6.42. The molecule has 0 heterocycles. The molecule has 2 N–H and O–H groups in total. The third-order valence-electron chi connectivity index (χ3n) is 2.02. The maximum Gasteiger partial charge on any atom is 0.332 e. The molecule has 0 aliphatic heterocycles. The highest BCUT2D eigenvalue weighted by Crippen LogP contribution is 2.24. The van der Waals surface area contributed by atoms with Crippen molar-refractivity contribution in [3.63, 3.8) is 0 Å². The molecule has 98 valence electrons. The summed E-state index contributed by atoms with van der Waals surface area (Å²) in [6, 6.07) is 4.61. The van der Waals surface area contributed by atoms with Crippen LogP contribution in [0.4, 0.5) is 5.69 Å². The molecule has 0 fully saturated rings. The minimum absolute atomic E-state index is 0.314. The van der Waals surface area contributed by atoms with Crippen molar-refractivity contribution in [3.05, 3.63) is 28.2 Å². The van der Waals surface area contributed by atoms with Crippen molar-refractivity contribution in [2.75, 3.05) is 11.9 Å². The van der Waals surface area contributed by atoms with Gasteiger partial charge >= 0.3 is 5.97 Å². The van der Waals surface area contributed by atoms with Crippen LogP contribution in [0.5, 0.6) is 0 Å². The molecule has 0 unspecified atom stereocenters. The van der Waals surface area contributed by atoms with Gasteiger partial charge in [-0.1, -0.05) is 23.2 Å². The highest BCUT2D eigenvalue weighted by Gasteiger charge is 2.13. The molecule has 1 atom stereocenters. The first-order chi connectivity index (χ1) is 8.40. The monoisotopic (exact) mass is 291 g/mol. The van der Waals surface area contributed by atoms with Gasteiger partial charge in [0.2, 0.25) is 5.91 Å². The van der Waals surface area contributed by atoms with E-state index >= 15 is 0 Å². The Bertz CT molecular complexity index is 464. The summed E-state index contributed by atoms with van der Waals surface area (Å²) in [5, 5.41) is 11.8. The van der Waals surface area contributed by atoms with Gasteiger partial charge in [0, 0.05) is 5.69 Å². The van der Waals surface area contributed by atoms with Gasteiger partial charge < -0.3 is 15.2 Å². The van der Waals surface area contributed by atoms with Crippen molar-refractivity contribution in [3.8, 4) is 0 Å². The minimum atomic E-state index is -1.13. The van der Waals surface area contributed by atoms with Crippen molar-refractivity contribution in [2.45, 2.75) is 13.0 Å². The summed E-state index contributed by atoms with van der Waals surface area (Å²) < 4.78 is 4.82. The Morgan fingerprint density at radius 3 is 2.61 bits per heavy atom. The van der Waals surface area contributed by atoms with Gasteiger partial charge in [-0.25, -0.2) is 4.79 Å². The van der Waals surface area contributed by atoms with E-state index in [4.69, 9.17) is 33.0 Å². The number of anilines is 1. The summed E-state index contributed by atoms with van der Waals surface area (Å²) in [6.45, 7) is 0.989. The van der Waals surface area contributed by atoms with E-state index in [1.807, 2.05) is 0 Å². The van der Waals surface area contributed by atoms with Crippen LogP contribution in [0.1, 0.15) is 6.92 Å². The van der Waals surface area contributed by atoms with Gasteiger partial charge in [-0.3, -0.25) is 4.79 Å². The van der Waals surface area contributed by atoms with E-state index in [9.17, 15) is 9.59 Å². The first kappa shape index (κ1) is 14.8. The number of carbonyl (C=O) groups excluding carboxylic acids is 1. The van der Waals surface area contributed by atoms with Gasteiger partial charge in [0.05, 0.1) is 10.0 Å². The van der Waals surface area contributed by atoms with E-state index in [1.54, 1.807) is 12.1 Å². The van der Waals surface area contributed by atoms with Crippen LogP contribution in [-0.2, 0) is 14.3 Å². The molecule has 7 heteroatoms. The first-order valence-corrected chi connectivity index (χ1v) is 5.75. The molecule has 1 rings (SSSR count). The van der Waals surface area contributed by atoms with Crippen molar-refractivity contribution < 1.29 is 19.4 Å². The lowest BCUT2D eigenvalue weighted by molar-refractivity contribution is -0.150. The largest absolute Gasteiger partial charge is 0.479 e. The molecule has 0 saturated heterocycles. The zero-order chi connectivity index (χ0) is 13.7. The van der Waals surface area contributed by atoms with E-state index in [1.165, 1.54) is 13.0 Å². The number of carbonyl (C=O) groups is 2. The molecule has 1 aromatic carbocycles. The fourth-order valence-corrected chi connectivity index (χ4v) is 1.34. The number of rotatable bonds is 5. The van der Waals surface area contributed by atoms with Crippen molar-refractivity contribution in [1.29, 1.82) is 0 Å². The maximum absolute atomic E-state index is 11.4. The molecule has 1 amide bonds. The molecule has 0 aliphatic carbocycles. The van der Waals surface area contributed by atoms with Crippen LogP contribution in [0.25, 0.3) is 0 Å². The number of nitrogens with one attached hydrogen (secondary N) is 1. The molecule has 18 heavy (non-hydrogen) atoms. The van der Waals surface area contributed by atoms with Crippen LogP contribution in [0, 0.1) is 0 Å². The maximum atomic E-state index is 11.4. The summed E-state index contributed by atoms with van der Waals surface area (Å²) in [5.41, 5.74) is 0.459. The van der Waals surface area contributed by atoms with Gasteiger partial charge in [-0.2, -0.15) is 0 Å². The smallest absolute Gasteiger partial charge is 0.332 e. The van der Waals surface area contributed by atoms with Crippen LogP contribution in [0.3, 0.4) is 0 Å². The van der Waals surface area contributed by atoms with Crippen molar-refractivity contribution >= 4 is 40.8 Å². The Hall–Kier alpha value is -1.30. The van der Waals surface area contributed by atoms with Crippen LogP contribution < -0.4 is 5.32 Å². The fourth-order valence-electron chi connectivity index (χ4n) is 1.04. The number of carboxylic acid groups (broad SMARTS) is 1. The molecule has 0 saturated carbocycles. The highest BCUT2D eigenvalue weighted by atomic mass is 35.5. The van der Waals surface area contributed by atoms with Crippen molar-refractivity contribution in [1.82, 2.24) is 0 Å². The SMILES string of the molecule is C[C@@H](OCC(=O)Nc1ccc(Cl)c(Cl)c1)C(=O)O. The number of aliphatic carboxylic acids is 1. The van der Waals surface area contributed by atoms with E-state index in [0.29, 0.717) is 15.7 Å². The molecule has 0 aliphatic rings. The number of halogens is 2. The van der Waals surface area contributed by atoms with Crippen LogP contribution in [0.2, 0.25) is 10.0 Å². The average molecular weight is 292 g/mol. The first-order valence-electron chi connectivity index (χ1n) is 4.99. The summed E-state index contributed by atoms with van der Waals surface area (Å²) in [7, 11) is 0. The summed E-state index contributed by atoms with van der Waals surface area (Å²) in [4.78, 5) is 21.9.